The summed E-state index contributed by atoms with van der Waals surface area (Å²) < 4.78 is 8.58. The second kappa shape index (κ2) is 7.04. The van der Waals surface area contributed by atoms with Gasteiger partial charge in [-0.05, 0) is 52.9 Å². The van der Waals surface area contributed by atoms with E-state index >= 15 is 0 Å². The Morgan fingerprint density at radius 1 is 0.963 bits per heavy atom. The number of nitrogens with one attached hydrogen (secondary N) is 1. The minimum Gasteiger partial charge on any atom is -0.495 e. The van der Waals surface area contributed by atoms with Crippen molar-refractivity contribution in [3.63, 3.8) is 0 Å². The topological polar surface area (TPSA) is 113 Å². The van der Waals surface area contributed by atoms with Crippen molar-refractivity contribution in [2.24, 2.45) is 0 Å². The van der Waals surface area contributed by atoms with Gasteiger partial charge in [-0.2, -0.15) is 0 Å². The number of tetrazole rings is 1. The molecular formula is C17H14N8O2. The van der Waals surface area contributed by atoms with Crippen LogP contribution in [-0.4, -0.2) is 48.0 Å². The molecule has 0 fully saturated rings. The molecule has 0 aliphatic rings. The van der Waals surface area contributed by atoms with E-state index in [2.05, 4.69) is 31.0 Å². The highest BCUT2D eigenvalue weighted by molar-refractivity contribution is 6.05. The van der Waals surface area contributed by atoms with Crippen LogP contribution >= 0.6 is 0 Å². The monoisotopic (exact) mass is 362 g/mol. The smallest absolute Gasteiger partial charge is 0.255 e. The summed E-state index contributed by atoms with van der Waals surface area (Å²) in [6, 6.07) is 12.3. The number of aromatic nitrogens is 7. The van der Waals surface area contributed by atoms with Crippen LogP contribution in [0.3, 0.4) is 0 Å². The third-order valence-corrected chi connectivity index (χ3v) is 3.89. The summed E-state index contributed by atoms with van der Waals surface area (Å²) in [4.78, 5) is 12.6. The zero-order valence-electron chi connectivity index (χ0n) is 14.2. The molecule has 0 bridgehead atoms. The minimum absolute atomic E-state index is 0.266. The predicted octanol–water partition coefficient (Wildman–Crippen LogP) is 1.50. The van der Waals surface area contributed by atoms with Gasteiger partial charge in [-0.15, -0.1) is 15.3 Å². The summed E-state index contributed by atoms with van der Waals surface area (Å²) in [7, 11) is 1.55. The molecule has 4 aromatic rings. The number of ether oxygens (including phenoxy) is 1. The van der Waals surface area contributed by atoms with Gasteiger partial charge in [0.2, 0.25) is 0 Å². The number of anilines is 1. The quantitative estimate of drug-likeness (QED) is 0.572. The molecule has 2 aromatic carbocycles. The lowest BCUT2D eigenvalue weighted by Crippen LogP contribution is -2.13. The molecule has 0 unspecified atom stereocenters. The van der Waals surface area contributed by atoms with Crippen LogP contribution < -0.4 is 10.1 Å². The lowest BCUT2D eigenvalue weighted by atomic mass is 10.2. The first-order chi connectivity index (χ1) is 13.2. The molecule has 0 radical (unpaired) electrons. The Morgan fingerprint density at radius 3 is 2.37 bits per heavy atom. The number of carbonyl (C=O) groups is 1. The molecule has 1 amide bonds. The van der Waals surface area contributed by atoms with Gasteiger partial charge in [0.15, 0.2) is 0 Å². The van der Waals surface area contributed by atoms with Crippen LogP contribution in [0.4, 0.5) is 5.69 Å². The van der Waals surface area contributed by atoms with E-state index in [0.29, 0.717) is 17.0 Å². The average Bonchev–Trinajstić information content (AvgIpc) is 3.42. The summed E-state index contributed by atoms with van der Waals surface area (Å²) in [5, 5.41) is 21.4. The van der Waals surface area contributed by atoms with Gasteiger partial charge in [-0.3, -0.25) is 9.36 Å². The highest BCUT2D eigenvalue weighted by Gasteiger charge is 2.12. The number of methoxy groups -OCH3 is 1. The largest absolute Gasteiger partial charge is 0.495 e. The van der Waals surface area contributed by atoms with E-state index in [9.17, 15) is 4.79 Å². The Bertz CT molecular complexity index is 1040. The fourth-order valence-electron chi connectivity index (χ4n) is 2.53. The number of carbonyl (C=O) groups excluding carboxylic acids is 1. The van der Waals surface area contributed by atoms with Crippen molar-refractivity contribution in [1.82, 2.24) is 35.0 Å². The van der Waals surface area contributed by atoms with Crippen molar-refractivity contribution >= 4 is 11.6 Å². The summed E-state index contributed by atoms with van der Waals surface area (Å²) >= 11 is 0. The molecule has 2 aromatic heterocycles. The van der Waals surface area contributed by atoms with E-state index < -0.39 is 0 Å². The van der Waals surface area contributed by atoms with Crippen molar-refractivity contribution in [2.45, 2.75) is 0 Å². The second-order valence-electron chi connectivity index (χ2n) is 5.51. The Labute approximate surface area is 153 Å². The maximum Gasteiger partial charge on any atom is 0.255 e. The molecule has 10 nitrogen and oxygen atoms in total. The summed E-state index contributed by atoms with van der Waals surface area (Å²) in [5.41, 5.74) is 2.58. The molecule has 0 atom stereocenters. The van der Waals surface area contributed by atoms with Crippen molar-refractivity contribution in [2.75, 3.05) is 12.4 Å². The molecule has 0 spiro atoms. The molecule has 134 valence electrons. The van der Waals surface area contributed by atoms with Gasteiger partial charge in [-0.1, -0.05) is 0 Å². The highest BCUT2D eigenvalue weighted by atomic mass is 16.5. The summed E-state index contributed by atoms with van der Waals surface area (Å²) in [6.45, 7) is 0. The van der Waals surface area contributed by atoms with E-state index in [4.69, 9.17) is 4.74 Å². The molecule has 2 heterocycles. The van der Waals surface area contributed by atoms with E-state index in [1.807, 2.05) is 6.07 Å². The Hall–Kier alpha value is -4.08. The minimum atomic E-state index is -0.266. The first kappa shape index (κ1) is 16.4. The first-order valence-corrected chi connectivity index (χ1v) is 7.92. The van der Waals surface area contributed by atoms with Crippen molar-refractivity contribution < 1.29 is 9.53 Å². The Morgan fingerprint density at radius 2 is 1.70 bits per heavy atom. The zero-order chi connectivity index (χ0) is 18.6. The van der Waals surface area contributed by atoms with Gasteiger partial charge in [0, 0.05) is 5.56 Å². The van der Waals surface area contributed by atoms with Crippen LogP contribution in [0.5, 0.6) is 5.75 Å². The summed E-state index contributed by atoms with van der Waals surface area (Å²) in [5.74, 6) is 0.281. The fraction of sp³-hybridized carbons (Fsp3) is 0.0588. The first-order valence-electron chi connectivity index (χ1n) is 7.92. The third-order valence-electron chi connectivity index (χ3n) is 3.89. The normalized spacial score (nSPS) is 10.6. The van der Waals surface area contributed by atoms with Crippen LogP contribution in [0.2, 0.25) is 0 Å². The third kappa shape index (κ3) is 3.35. The van der Waals surface area contributed by atoms with Crippen LogP contribution in [0.25, 0.3) is 11.4 Å². The molecule has 27 heavy (non-hydrogen) atoms. The van der Waals surface area contributed by atoms with Crippen LogP contribution in [0, 0.1) is 0 Å². The molecule has 0 aliphatic heterocycles. The zero-order valence-corrected chi connectivity index (χ0v) is 14.2. The maximum atomic E-state index is 12.6. The predicted molar refractivity (Wildman–Crippen MR) is 95.0 cm³/mol. The lowest BCUT2D eigenvalue weighted by Gasteiger charge is -2.12. The molecule has 1 N–H and O–H groups in total. The fourth-order valence-corrected chi connectivity index (χ4v) is 2.53. The molecule has 0 saturated carbocycles. The van der Waals surface area contributed by atoms with Gasteiger partial charge in [0.1, 0.15) is 24.7 Å². The molecule has 0 saturated heterocycles. The van der Waals surface area contributed by atoms with Crippen molar-refractivity contribution in [3.8, 4) is 17.1 Å². The maximum absolute atomic E-state index is 12.6. The van der Waals surface area contributed by atoms with Gasteiger partial charge in [0.05, 0.1) is 24.2 Å². The highest BCUT2D eigenvalue weighted by Crippen LogP contribution is 2.27. The molecule has 10 heteroatoms. The van der Waals surface area contributed by atoms with E-state index in [0.717, 1.165) is 11.4 Å². The standard InChI is InChI=1S/C17H14N8O2/c1-27-16-7-6-14(24-9-18-19-10-24)8-15(16)21-17(26)12-2-4-13(5-3-12)25-11-20-22-23-25/h2-11H,1H3,(H,21,26). The number of rotatable bonds is 5. The van der Waals surface area contributed by atoms with E-state index in [-0.39, 0.29) is 5.91 Å². The SMILES string of the molecule is COc1ccc(-n2cnnc2)cc1NC(=O)c1ccc(-n2cnnn2)cc1. The van der Waals surface area contributed by atoms with Crippen molar-refractivity contribution in [3.05, 3.63) is 67.0 Å². The number of hydrogen-bond acceptors (Lipinski definition) is 7. The van der Waals surface area contributed by atoms with Crippen molar-refractivity contribution in [1.29, 1.82) is 0 Å². The average molecular weight is 362 g/mol. The molecule has 0 aliphatic carbocycles. The second-order valence-corrected chi connectivity index (χ2v) is 5.51. The lowest BCUT2D eigenvalue weighted by molar-refractivity contribution is 0.102. The van der Waals surface area contributed by atoms with Crippen LogP contribution in [0.1, 0.15) is 10.4 Å². The van der Waals surface area contributed by atoms with Gasteiger partial charge < -0.3 is 10.1 Å². The van der Waals surface area contributed by atoms with Crippen LogP contribution in [0.15, 0.2) is 61.4 Å². The Kier molecular flexibility index (Phi) is 4.27. The van der Waals surface area contributed by atoms with Gasteiger partial charge >= 0.3 is 0 Å². The number of amides is 1. The molecular weight excluding hydrogens is 348 g/mol. The number of nitrogens with zero attached hydrogens (tertiary/aromatic N) is 7. The van der Waals surface area contributed by atoms with Gasteiger partial charge in [0.25, 0.3) is 5.91 Å². The summed E-state index contributed by atoms with van der Waals surface area (Å²) in [6.07, 6.45) is 4.63. The van der Waals surface area contributed by atoms with E-state index in [1.165, 1.54) is 11.0 Å². The number of hydrogen-bond donors (Lipinski definition) is 1. The van der Waals surface area contributed by atoms with E-state index in [1.54, 1.807) is 60.7 Å². The Balaban J connectivity index is 1.57. The van der Waals surface area contributed by atoms with Gasteiger partial charge in [-0.25, -0.2) is 4.68 Å². The number of benzene rings is 2. The molecule has 4 rings (SSSR count). The van der Waals surface area contributed by atoms with Crippen LogP contribution in [-0.2, 0) is 0 Å².